The molecule has 0 atom stereocenters. The van der Waals surface area contributed by atoms with Crippen LogP contribution in [0.15, 0.2) is 12.4 Å². The highest BCUT2D eigenvalue weighted by molar-refractivity contribution is 5.48. The minimum absolute atomic E-state index is 0.906. The van der Waals surface area contributed by atoms with Gasteiger partial charge in [-0.25, -0.2) is 9.97 Å². The van der Waals surface area contributed by atoms with Gasteiger partial charge in [0.05, 0.1) is 0 Å². The van der Waals surface area contributed by atoms with Gasteiger partial charge in [0.25, 0.3) is 0 Å². The molecule has 1 N–H and O–H groups in total. The quantitative estimate of drug-likeness (QED) is 0.855. The SMILES string of the molecule is CN(C)CCNc1cc(N2CCCCC2)ncn1. The second-order valence-electron chi connectivity index (χ2n) is 5.04. The zero-order chi connectivity index (χ0) is 12.8. The van der Waals surface area contributed by atoms with E-state index in [2.05, 4.69) is 45.2 Å². The molecule has 0 aromatic carbocycles. The molecule has 0 saturated carbocycles. The van der Waals surface area contributed by atoms with Gasteiger partial charge in [-0.3, -0.25) is 0 Å². The first kappa shape index (κ1) is 13.1. The Morgan fingerprint density at radius 3 is 2.72 bits per heavy atom. The van der Waals surface area contributed by atoms with E-state index in [1.807, 2.05) is 0 Å². The molecule has 1 aromatic rings. The predicted octanol–water partition coefficient (Wildman–Crippen LogP) is 1.44. The number of piperidine rings is 1. The summed E-state index contributed by atoms with van der Waals surface area (Å²) < 4.78 is 0. The summed E-state index contributed by atoms with van der Waals surface area (Å²) in [7, 11) is 4.14. The molecule has 1 aliphatic rings. The number of aromatic nitrogens is 2. The van der Waals surface area contributed by atoms with E-state index < -0.39 is 0 Å². The fourth-order valence-corrected chi connectivity index (χ4v) is 2.15. The first-order chi connectivity index (χ1) is 8.75. The van der Waals surface area contributed by atoms with Crippen LogP contribution < -0.4 is 10.2 Å². The van der Waals surface area contributed by atoms with E-state index in [-0.39, 0.29) is 0 Å². The fourth-order valence-electron chi connectivity index (χ4n) is 2.15. The van der Waals surface area contributed by atoms with Gasteiger partial charge in [-0.2, -0.15) is 0 Å². The molecule has 18 heavy (non-hydrogen) atoms. The number of rotatable bonds is 5. The van der Waals surface area contributed by atoms with E-state index in [4.69, 9.17) is 0 Å². The first-order valence-electron chi connectivity index (χ1n) is 6.71. The van der Waals surface area contributed by atoms with Crippen molar-refractivity contribution in [3.63, 3.8) is 0 Å². The normalized spacial score (nSPS) is 16.1. The summed E-state index contributed by atoms with van der Waals surface area (Å²) in [4.78, 5) is 13.1. The highest BCUT2D eigenvalue weighted by Crippen LogP contribution is 2.18. The molecule has 2 heterocycles. The minimum Gasteiger partial charge on any atom is -0.369 e. The third kappa shape index (κ3) is 3.84. The molecule has 1 saturated heterocycles. The number of nitrogens with zero attached hydrogens (tertiary/aromatic N) is 4. The lowest BCUT2D eigenvalue weighted by Gasteiger charge is -2.27. The highest BCUT2D eigenvalue weighted by Gasteiger charge is 2.12. The van der Waals surface area contributed by atoms with Crippen molar-refractivity contribution >= 4 is 11.6 Å². The van der Waals surface area contributed by atoms with Crippen LogP contribution in [0.5, 0.6) is 0 Å². The molecular weight excluding hydrogens is 226 g/mol. The van der Waals surface area contributed by atoms with Crippen molar-refractivity contribution in [2.75, 3.05) is 50.5 Å². The lowest BCUT2D eigenvalue weighted by atomic mass is 10.1. The van der Waals surface area contributed by atoms with Crippen LogP contribution in [0.3, 0.4) is 0 Å². The predicted molar refractivity (Wildman–Crippen MR) is 75.1 cm³/mol. The summed E-state index contributed by atoms with van der Waals surface area (Å²) in [6.07, 6.45) is 5.54. The van der Waals surface area contributed by atoms with Gasteiger partial charge in [0, 0.05) is 32.2 Å². The lowest BCUT2D eigenvalue weighted by Crippen LogP contribution is -2.30. The van der Waals surface area contributed by atoms with Gasteiger partial charge >= 0.3 is 0 Å². The van der Waals surface area contributed by atoms with Crippen LogP contribution in [0.1, 0.15) is 19.3 Å². The van der Waals surface area contributed by atoms with Crippen molar-refractivity contribution in [3.05, 3.63) is 12.4 Å². The molecule has 2 rings (SSSR count). The Labute approximate surface area is 109 Å². The van der Waals surface area contributed by atoms with Crippen LogP contribution in [0.2, 0.25) is 0 Å². The number of anilines is 2. The molecule has 1 fully saturated rings. The van der Waals surface area contributed by atoms with Gasteiger partial charge in [-0.15, -0.1) is 0 Å². The van der Waals surface area contributed by atoms with Crippen LogP contribution in [-0.4, -0.2) is 55.1 Å². The maximum atomic E-state index is 4.37. The van der Waals surface area contributed by atoms with Crippen molar-refractivity contribution in [2.24, 2.45) is 0 Å². The maximum absolute atomic E-state index is 4.37. The van der Waals surface area contributed by atoms with Crippen molar-refractivity contribution < 1.29 is 0 Å². The Hall–Kier alpha value is -1.36. The van der Waals surface area contributed by atoms with E-state index in [0.29, 0.717) is 0 Å². The number of nitrogens with one attached hydrogen (secondary N) is 1. The minimum atomic E-state index is 0.906. The molecular formula is C13H23N5. The van der Waals surface area contributed by atoms with E-state index >= 15 is 0 Å². The average Bonchev–Trinajstić information content (AvgIpc) is 2.40. The molecule has 0 unspecified atom stereocenters. The second kappa shape index (κ2) is 6.54. The first-order valence-corrected chi connectivity index (χ1v) is 6.71. The zero-order valence-electron chi connectivity index (χ0n) is 11.4. The average molecular weight is 249 g/mol. The topological polar surface area (TPSA) is 44.3 Å². The summed E-state index contributed by atoms with van der Waals surface area (Å²) in [6.45, 7) is 4.15. The lowest BCUT2D eigenvalue weighted by molar-refractivity contribution is 0.425. The van der Waals surface area contributed by atoms with Gasteiger partial charge < -0.3 is 15.1 Å². The van der Waals surface area contributed by atoms with Crippen molar-refractivity contribution in [2.45, 2.75) is 19.3 Å². The molecule has 0 bridgehead atoms. The smallest absolute Gasteiger partial charge is 0.134 e. The molecule has 1 aromatic heterocycles. The Morgan fingerprint density at radius 2 is 2.00 bits per heavy atom. The summed E-state index contributed by atoms with van der Waals surface area (Å²) in [6, 6.07) is 2.06. The third-order valence-corrected chi connectivity index (χ3v) is 3.20. The molecule has 5 nitrogen and oxygen atoms in total. The summed E-state index contributed by atoms with van der Waals surface area (Å²) in [5, 5.41) is 3.34. The fraction of sp³-hybridized carbons (Fsp3) is 0.692. The van der Waals surface area contributed by atoms with Crippen LogP contribution >= 0.6 is 0 Å². The standard InChI is InChI=1S/C13H23N5/c1-17(2)9-6-14-12-10-13(16-11-15-12)18-7-4-3-5-8-18/h10-11H,3-9H2,1-2H3,(H,14,15,16). The second-order valence-corrected chi connectivity index (χ2v) is 5.04. The van der Waals surface area contributed by atoms with E-state index in [9.17, 15) is 0 Å². The van der Waals surface area contributed by atoms with Gasteiger partial charge in [-0.05, 0) is 33.4 Å². The monoisotopic (exact) mass is 249 g/mol. The van der Waals surface area contributed by atoms with Gasteiger partial charge in [-0.1, -0.05) is 0 Å². The summed E-state index contributed by atoms with van der Waals surface area (Å²) in [5.74, 6) is 1.98. The molecule has 0 radical (unpaired) electrons. The maximum Gasteiger partial charge on any atom is 0.134 e. The van der Waals surface area contributed by atoms with Gasteiger partial charge in [0.2, 0.25) is 0 Å². The Bertz CT molecular complexity index is 360. The van der Waals surface area contributed by atoms with Crippen LogP contribution in [-0.2, 0) is 0 Å². The van der Waals surface area contributed by atoms with Crippen LogP contribution in [0, 0.1) is 0 Å². The number of hydrogen-bond donors (Lipinski definition) is 1. The highest BCUT2D eigenvalue weighted by atomic mass is 15.2. The molecule has 5 heteroatoms. The number of hydrogen-bond acceptors (Lipinski definition) is 5. The Balaban J connectivity index is 1.91. The molecule has 0 spiro atoms. The van der Waals surface area contributed by atoms with Crippen LogP contribution in [0.4, 0.5) is 11.6 Å². The van der Waals surface area contributed by atoms with Crippen molar-refractivity contribution in [1.82, 2.24) is 14.9 Å². The Kier molecular flexibility index (Phi) is 4.75. The molecule has 0 aliphatic carbocycles. The van der Waals surface area contributed by atoms with Crippen molar-refractivity contribution in [3.8, 4) is 0 Å². The molecule has 1 aliphatic heterocycles. The van der Waals surface area contributed by atoms with Gasteiger partial charge in [0.15, 0.2) is 0 Å². The molecule has 0 amide bonds. The van der Waals surface area contributed by atoms with Gasteiger partial charge in [0.1, 0.15) is 18.0 Å². The van der Waals surface area contributed by atoms with E-state index in [1.165, 1.54) is 19.3 Å². The number of likely N-dealkylation sites (N-methyl/N-ethyl adjacent to an activating group) is 1. The van der Waals surface area contributed by atoms with E-state index in [1.54, 1.807) is 6.33 Å². The van der Waals surface area contributed by atoms with Crippen molar-refractivity contribution in [1.29, 1.82) is 0 Å². The van der Waals surface area contributed by atoms with Crippen LogP contribution in [0.25, 0.3) is 0 Å². The third-order valence-electron chi connectivity index (χ3n) is 3.20. The Morgan fingerprint density at radius 1 is 1.22 bits per heavy atom. The molecule has 100 valence electrons. The summed E-state index contributed by atoms with van der Waals surface area (Å²) in [5.41, 5.74) is 0. The zero-order valence-corrected chi connectivity index (χ0v) is 11.4. The largest absolute Gasteiger partial charge is 0.369 e. The van der Waals surface area contributed by atoms with E-state index in [0.717, 1.165) is 37.8 Å². The summed E-state index contributed by atoms with van der Waals surface area (Å²) >= 11 is 0.